The van der Waals surface area contributed by atoms with Gasteiger partial charge in [-0.3, -0.25) is 9.79 Å². The predicted octanol–water partition coefficient (Wildman–Crippen LogP) is 2.21. The van der Waals surface area contributed by atoms with E-state index in [9.17, 15) is 18.0 Å². The van der Waals surface area contributed by atoms with E-state index in [0.717, 1.165) is 0 Å². The summed E-state index contributed by atoms with van der Waals surface area (Å²) in [5.74, 6) is -3.39. The van der Waals surface area contributed by atoms with Crippen LogP contribution in [0.5, 0.6) is 0 Å². The van der Waals surface area contributed by atoms with E-state index >= 15 is 0 Å². The van der Waals surface area contributed by atoms with Gasteiger partial charge in [-0.1, -0.05) is 24.3 Å². The minimum absolute atomic E-state index is 0.151. The number of rotatable bonds is 1. The van der Waals surface area contributed by atoms with E-state index < -0.39 is 23.9 Å². The molecule has 1 saturated heterocycles. The number of fused-ring (bicyclic) bond motifs is 3. The third-order valence-corrected chi connectivity index (χ3v) is 4.51. The number of hydrogen-bond acceptors (Lipinski definition) is 2. The molecule has 0 spiro atoms. The summed E-state index contributed by atoms with van der Waals surface area (Å²) in [6.07, 6.45) is 0.349. The maximum atomic E-state index is 13.3. The highest BCUT2D eigenvalue weighted by atomic mass is 19.4. The van der Waals surface area contributed by atoms with Gasteiger partial charge in [-0.2, -0.15) is 13.2 Å². The van der Waals surface area contributed by atoms with Crippen LogP contribution in [0.4, 0.5) is 13.2 Å². The fraction of sp³-hybridized carbons (Fsp3) is 0.571. The molecule has 0 aromatic carbocycles. The molecule has 1 aliphatic carbocycles. The first-order valence-corrected chi connectivity index (χ1v) is 6.62. The largest absolute Gasteiger partial charge is 0.392 e. The fourth-order valence-corrected chi connectivity index (χ4v) is 3.56. The van der Waals surface area contributed by atoms with Crippen molar-refractivity contribution in [1.82, 2.24) is 4.90 Å². The first-order valence-electron chi connectivity index (χ1n) is 6.62. The van der Waals surface area contributed by atoms with Crippen LogP contribution < -0.4 is 0 Å². The summed E-state index contributed by atoms with van der Waals surface area (Å²) in [6.45, 7) is 4.28. The molecule has 3 aliphatic rings. The molecule has 0 radical (unpaired) electrons. The van der Waals surface area contributed by atoms with Gasteiger partial charge in [-0.05, 0) is 6.42 Å². The first kappa shape index (κ1) is 13.4. The molecular weight excluding hydrogens is 269 g/mol. The van der Waals surface area contributed by atoms with Gasteiger partial charge in [-0.15, -0.1) is 0 Å². The van der Waals surface area contributed by atoms with E-state index in [1.165, 1.54) is 6.08 Å². The number of halogens is 3. The number of carbonyl (C=O) groups is 1. The molecule has 6 heteroatoms. The maximum Gasteiger partial charge on any atom is 0.392 e. The summed E-state index contributed by atoms with van der Waals surface area (Å²) in [5.41, 5.74) is 0.581. The Morgan fingerprint density at radius 3 is 2.85 bits per heavy atom. The van der Waals surface area contributed by atoms with Crippen LogP contribution in [-0.4, -0.2) is 42.3 Å². The standard InChI is InChI=1S/C14H15F3N2O/c1-2-8-5-9-11-7-18-3-4-19(11)13(20)12(9)10(6-8)14(15,16)17/h2-3,5,9-12H,1,4,6-7H2. The van der Waals surface area contributed by atoms with Crippen molar-refractivity contribution in [1.29, 1.82) is 0 Å². The van der Waals surface area contributed by atoms with E-state index in [1.807, 2.05) is 0 Å². The van der Waals surface area contributed by atoms with E-state index in [0.29, 0.717) is 18.7 Å². The van der Waals surface area contributed by atoms with Crippen LogP contribution in [0.1, 0.15) is 6.42 Å². The number of aliphatic imine (C=N–C) groups is 1. The van der Waals surface area contributed by atoms with Crippen molar-refractivity contribution in [2.24, 2.45) is 22.7 Å². The summed E-state index contributed by atoms with van der Waals surface area (Å²) in [4.78, 5) is 18.0. The minimum atomic E-state index is -4.36. The summed E-state index contributed by atoms with van der Waals surface area (Å²) in [7, 11) is 0. The lowest BCUT2D eigenvalue weighted by Crippen LogP contribution is -2.41. The second-order valence-corrected chi connectivity index (χ2v) is 5.51. The zero-order valence-corrected chi connectivity index (χ0v) is 10.8. The molecule has 1 amide bonds. The molecule has 2 heterocycles. The van der Waals surface area contributed by atoms with Crippen LogP contribution in [0, 0.1) is 17.8 Å². The molecule has 0 aromatic heterocycles. The van der Waals surface area contributed by atoms with Crippen molar-refractivity contribution in [3.8, 4) is 0 Å². The van der Waals surface area contributed by atoms with Crippen LogP contribution in [0.2, 0.25) is 0 Å². The molecule has 108 valence electrons. The van der Waals surface area contributed by atoms with Crippen molar-refractivity contribution >= 4 is 12.1 Å². The minimum Gasteiger partial charge on any atom is -0.332 e. The quantitative estimate of drug-likeness (QED) is 0.726. The maximum absolute atomic E-state index is 13.3. The average molecular weight is 284 g/mol. The Bertz CT molecular complexity index is 509. The van der Waals surface area contributed by atoms with Crippen LogP contribution in [-0.2, 0) is 4.79 Å². The third-order valence-electron chi connectivity index (χ3n) is 4.51. The number of nitrogens with zero attached hydrogens (tertiary/aromatic N) is 2. The molecule has 0 N–H and O–H groups in total. The number of allylic oxidation sites excluding steroid dienone is 2. The Morgan fingerprint density at radius 2 is 2.20 bits per heavy atom. The highest BCUT2D eigenvalue weighted by Crippen LogP contribution is 2.49. The van der Waals surface area contributed by atoms with Gasteiger partial charge < -0.3 is 4.90 Å². The molecule has 2 aliphatic heterocycles. The van der Waals surface area contributed by atoms with Crippen molar-refractivity contribution in [3.05, 3.63) is 24.3 Å². The molecular formula is C14H15F3N2O. The zero-order valence-electron chi connectivity index (χ0n) is 10.8. The number of amides is 1. The molecule has 4 unspecified atom stereocenters. The van der Waals surface area contributed by atoms with E-state index in [-0.39, 0.29) is 18.4 Å². The Morgan fingerprint density at radius 1 is 1.45 bits per heavy atom. The molecule has 1 fully saturated rings. The molecule has 0 bridgehead atoms. The van der Waals surface area contributed by atoms with E-state index in [2.05, 4.69) is 11.6 Å². The first-order chi connectivity index (χ1) is 9.43. The molecule has 3 rings (SSSR count). The fourth-order valence-electron chi connectivity index (χ4n) is 3.56. The second kappa shape index (κ2) is 4.46. The lowest BCUT2D eigenvalue weighted by atomic mass is 9.72. The summed E-state index contributed by atoms with van der Waals surface area (Å²) in [5, 5.41) is 0. The van der Waals surface area contributed by atoms with Gasteiger partial charge in [0.25, 0.3) is 0 Å². The zero-order chi connectivity index (χ0) is 14.5. The Balaban J connectivity index is 2.03. The van der Waals surface area contributed by atoms with Gasteiger partial charge in [0.15, 0.2) is 0 Å². The topological polar surface area (TPSA) is 32.7 Å². The number of hydrogen-bond donors (Lipinski definition) is 0. The average Bonchev–Trinajstić information content (AvgIpc) is 2.71. The molecule has 0 saturated carbocycles. The van der Waals surface area contributed by atoms with Crippen LogP contribution in [0.3, 0.4) is 0 Å². The monoisotopic (exact) mass is 284 g/mol. The molecule has 3 nitrogen and oxygen atoms in total. The summed E-state index contributed by atoms with van der Waals surface area (Å²) < 4.78 is 39.8. The Kier molecular flexibility index (Phi) is 2.99. The van der Waals surface area contributed by atoms with Crippen LogP contribution in [0.25, 0.3) is 0 Å². The van der Waals surface area contributed by atoms with Gasteiger partial charge in [0.1, 0.15) is 0 Å². The van der Waals surface area contributed by atoms with E-state index in [4.69, 9.17) is 0 Å². The van der Waals surface area contributed by atoms with Gasteiger partial charge in [0.05, 0.1) is 31.0 Å². The molecule has 20 heavy (non-hydrogen) atoms. The van der Waals surface area contributed by atoms with Crippen molar-refractivity contribution in [3.63, 3.8) is 0 Å². The van der Waals surface area contributed by atoms with Gasteiger partial charge in [-0.25, -0.2) is 0 Å². The highest BCUT2D eigenvalue weighted by molar-refractivity contribution is 5.86. The number of carbonyl (C=O) groups excluding carboxylic acids is 1. The summed E-state index contributed by atoms with van der Waals surface area (Å²) in [6, 6.07) is -0.238. The third kappa shape index (κ3) is 1.89. The Hall–Kier alpha value is -1.59. The second-order valence-electron chi connectivity index (χ2n) is 5.51. The van der Waals surface area contributed by atoms with Crippen LogP contribution >= 0.6 is 0 Å². The summed E-state index contributed by atoms with van der Waals surface area (Å²) >= 11 is 0. The molecule has 4 atom stereocenters. The normalized spacial score (nSPS) is 36.5. The Labute approximate surface area is 114 Å². The van der Waals surface area contributed by atoms with Gasteiger partial charge >= 0.3 is 6.18 Å². The van der Waals surface area contributed by atoms with E-state index in [1.54, 1.807) is 17.2 Å². The predicted molar refractivity (Wildman–Crippen MR) is 68.3 cm³/mol. The lowest BCUT2D eigenvalue weighted by Gasteiger charge is -2.33. The smallest absolute Gasteiger partial charge is 0.332 e. The van der Waals surface area contributed by atoms with Gasteiger partial charge in [0, 0.05) is 12.1 Å². The SMILES string of the molecule is C=CC1=CC2C(C(=O)N3CC=NCC23)C(C(F)(F)F)C1. The van der Waals surface area contributed by atoms with Gasteiger partial charge in [0.2, 0.25) is 5.91 Å². The van der Waals surface area contributed by atoms with Crippen molar-refractivity contribution < 1.29 is 18.0 Å². The lowest BCUT2D eigenvalue weighted by molar-refractivity contribution is -0.193. The van der Waals surface area contributed by atoms with Crippen molar-refractivity contribution in [2.75, 3.05) is 13.1 Å². The number of alkyl halides is 3. The highest BCUT2D eigenvalue weighted by Gasteiger charge is 2.58. The van der Waals surface area contributed by atoms with Crippen LogP contribution in [0.15, 0.2) is 29.3 Å². The molecule has 0 aromatic rings. The van der Waals surface area contributed by atoms with Crippen molar-refractivity contribution in [2.45, 2.75) is 18.6 Å².